The number of carbonyl (C=O) groups is 8. The van der Waals surface area contributed by atoms with Crippen molar-refractivity contribution in [3.8, 4) is 34.5 Å². The first kappa shape index (κ1) is 49.9. The topological polar surface area (TPSA) is 229 Å². The Morgan fingerprint density at radius 3 is 1.07 bits per heavy atom. The minimum Gasteiger partial charge on any atom is -0.463 e. The number of esters is 6. The van der Waals surface area contributed by atoms with E-state index in [9.17, 15) is 38.4 Å². The van der Waals surface area contributed by atoms with E-state index in [0.29, 0.717) is 18.4 Å². The van der Waals surface area contributed by atoms with Crippen molar-refractivity contribution in [3.63, 3.8) is 0 Å². The van der Waals surface area contributed by atoms with Crippen LogP contribution in [0.25, 0.3) is 0 Å². The van der Waals surface area contributed by atoms with Crippen LogP contribution in [0.5, 0.6) is 34.5 Å². The van der Waals surface area contributed by atoms with Crippen molar-refractivity contribution >= 4 is 48.1 Å². The molecule has 0 aliphatic rings. The number of ether oxygens (including phenoxy) is 10. The lowest BCUT2D eigenvalue weighted by molar-refractivity contribution is -0.138. The molecule has 68 heavy (non-hydrogen) atoms. The number of aryl methyl sites for hydroxylation is 1. The summed E-state index contributed by atoms with van der Waals surface area (Å²) in [6, 6.07) is 26.7. The Morgan fingerprint density at radius 1 is 0.382 bits per heavy atom. The number of rotatable bonds is 21. The Balaban J connectivity index is 1.02. The smallest absolute Gasteiger partial charge is 0.463 e. The fourth-order valence-corrected chi connectivity index (χ4v) is 5.38. The molecule has 18 nitrogen and oxygen atoms in total. The van der Waals surface area contributed by atoms with Crippen molar-refractivity contribution in [2.75, 3.05) is 26.4 Å². The van der Waals surface area contributed by atoms with Gasteiger partial charge >= 0.3 is 48.1 Å². The maximum absolute atomic E-state index is 13.0. The van der Waals surface area contributed by atoms with Crippen LogP contribution in [0.3, 0.4) is 0 Å². The molecule has 5 aromatic carbocycles. The molecule has 0 saturated carbocycles. The lowest BCUT2D eigenvalue weighted by Gasteiger charge is -2.11. The average molecular weight is 931 g/mol. The number of carbonyl (C=O) groups excluding carboxylic acids is 8. The van der Waals surface area contributed by atoms with Crippen LogP contribution in [0.15, 0.2) is 141 Å². The molecule has 0 saturated heterocycles. The van der Waals surface area contributed by atoms with Crippen LogP contribution in [0.2, 0.25) is 0 Å². The first-order valence-corrected chi connectivity index (χ1v) is 20.5. The Kier molecular flexibility index (Phi) is 18.7. The largest absolute Gasteiger partial charge is 0.513 e. The Morgan fingerprint density at radius 2 is 0.691 bits per heavy atom. The molecule has 0 unspecified atom stereocenters. The molecule has 0 amide bonds. The number of benzene rings is 5. The van der Waals surface area contributed by atoms with Gasteiger partial charge in [0.25, 0.3) is 0 Å². The third-order valence-electron chi connectivity index (χ3n) is 8.83. The van der Waals surface area contributed by atoms with Crippen molar-refractivity contribution in [1.29, 1.82) is 0 Å². The molecular weight excluding hydrogens is 889 g/mol. The van der Waals surface area contributed by atoms with E-state index < -0.39 is 48.1 Å². The van der Waals surface area contributed by atoms with Crippen molar-refractivity contribution in [3.05, 3.63) is 168 Å². The number of unbranched alkanes of at least 4 members (excludes halogenated alkanes) is 1. The van der Waals surface area contributed by atoms with Gasteiger partial charge in [-0.05, 0) is 141 Å². The normalized spacial score (nSPS) is 10.2. The predicted molar refractivity (Wildman–Crippen MR) is 237 cm³/mol. The molecule has 0 fully saturated rings. The summed E-state index contributed by atoms with van der Waals surface area (Å²) in [6.07, 6.45) is 1.33. The fraction of sp³-hybridized carbons (Fsp3) is 0.160. The maximum Gasteiger partial charge on any atom is 0.513 e. The average Bonchev–Trinajstić information content (AvgIpc) is 3.33. The molecule has 0 N–H and O–H groups in total. The van der Waals surface area contributed by atoms with Crippen molar-refractivity contribution in [2.24, 2.45) is 0 Å². The molecule has 5 rings (SSSR count). The highest BCUT2D eigenvalue weighted by molar-refractivity contribution is 5.94. The van der Waals surface area contributed by atoms with Gasteiger partial charge in [-0.1, -0.05) is 13.2 Å². The zero-order chi connectivity index (χ0) is 48.8. The molecule has 0 heterocycles. The highest BCUT2D eigenvalue weighted by Crippen LogP contribution is 2.26. The van der Waals surface area contributed by atoms with Gasteiger partial charge in [0.05, 0.1) is 48.7 Å². The summed E-state index contributed by atoms with van der Waals surface area (Å²) < 4.78 is 51.5. The standard InChI is InChI=1S/C50H42O18/c1-4-43(51)59-27-6-7-28-61-49(57)66-39-21-13-33(14-22-39)45(53)63-37-17-9-35(10-18-37)47(55)65-41-25-26-42(32(3)31-41)68-48(56)36-11-19-38(20-12-36)64-46(54)34-15-23-40(24-16-34)67-50(58)62-30-8-29-60-44(52)5-2/h4-5,9-26,31H,1-2,6-8,27-30H2,3H3. The molecular formula is C50H42O18. The van der Waals surface area contributed by atoms with Crippen LogP contribution < -0.4 is 28.4 Å². The number of hydrogen-bond acceptors (Lipinski definition) is 18. The molecule has 5 aromatic rings. The Hall–Kier alpha value is -9.06. The van der Waals surface area contributed by atoms with E-state index in [2.05, 4.69) is 13.2 Å². The quantitative estimate of drug-likeness (QED) is 0.0168. The molecule has 0 aromatic heterocycles. The van der Waals surface area contributed by atoms with Gasteiger partial charge in [0.1, 0.15) is 34.5 Å². The summed E-state index contributed by atoms with van der Waals surface area (Å²) in [5.74, 6) is -3.08. The summed E-state index contributed by atoms with van der Waals surface area (Å²) in [4.78, 5) is 97.2. The Bertz CT molecular complexity index is 2620. The summed E-state index contributed by atoms with van der Waals surface area (Å²) in [5.41, 5.74) is 1.08. The third-order valence-corrected chi connectivity index (χ3v) is 8.83. The Labute approximate surface area is 388 Å². The van der Waals surface area contributed by atoms with Crippen LogP contribution in [0.4, 0.5) is 9.59 Å². The lowest BCUT2D eigenvalue weighted by Crippen LogP contribution is -2.13. The zero-order valence-electron chi connectivity index (χ0n) is 36.3. The monoisotopic (exact) mass is 930 g/mol. The molecule has 0 atom stereocenters. The lowest BCUT2D eigenvalue weighted by atomic mass is 10.2. The first-order valence-electron chi connectivity index (χ1n) is 20.5. The highest BCUT2D eigenvalue weighted by atomic mass is 16.7. The fourth-order valence-electron chi connectivity index (χ4n) is 5.38. The van der Waals surface area contributed by atoms with Gasteiger partial charge in [-0.2, -0.15) is 0 Å². The summed E-state index contributed by atoms with van der Waals surface area (Å²) >= 11 is 0. The van der Waals surface area contributed by atoms with E-state index in [-0.39, 0.29) is 89.6 Å². The van der Waals surface area contributed by atoms with Crippen molar-refractivity contribution in [2.45, 2.75) is 26.2 Å². The van der Waals surface area contributed by atoms with Gasteiger partial charge < -0.3 is 47.4 Å². The second-order valence-electron chi connectivity index (χ2n) is 13.8. The molecule has 350 valence electrons. The second-order valence-corrected chi connectivity index (χ2v) is 13.8. The zero-order valence-corrected chi connectivity index (χ0v) is 36.3. The first-order chi connectivity index (χ1) is 32.8. The third kappa shape index (κ3) is 16.2. The minimum atomic E-state index is -0.983. The molecule has 0 bridgehead atoms. The van der Waals surface area contributed by atoms with Gasteiger partial charge in [0.2, 0.25) is 0 Å². The van der Waals surface area contributed by atoms with E-state index in [1.165, 1.54) is 115 Å². The number of hydrogen-bond donors (Lipinski definition) is 0. The SMILES string of the molecule is C=CC(=O)OCCCCOC(=O)Oc1ccc(C(=O)Oc2ccc(C(=O)Oc3ccc(OC(=O)c4ccc(OC(=O)c5ccc(OC(=O)OCCCOC(=O)C=C)cc5)cc4)c(C)c3)cc2)cc1. The van der Waals surface area contributed by atoms with Gasteiger partial charge in [-0.15, -0.1) is 0 Å². The van der Waals surface area contributed by atoms with Crippen LogP contribution >= 0.6 is 0 Å². The van der Waals surface area contributed by atoms with E-state index in [1.54, 1.807) is 6.92 Å². The predicted octanol–water partition coefficient (Wildman–Crippen LogP) is 8.53. The van der Waals surface area contributed by atoms with Gasteiger partial charge in [0, 0.05) is 18.6 Å². The van der Waals surface area contributed by atoms with Gasteiger partial charge in [0.15, 0.2) is 0 Å². The summed E-state index contributed by atoms with van der Waals surface area (Å²) in [7, 11) is 0. The summed E-state index contributed by atoms with van der Waals surface area (Å²) in [6.45, 7) is 8.43. The molecule has 0 aliphatic heterocycles. The van der Waals surface area contributed by atoms with E-state index in [0.717, 1.165) is 12.2 Å². The molecule has 0 spiro atoms. The van der Waals surface area contributed by atoms with Gasteiger partial charge in [-0.25, -0.2) is 38.4 Å². The van der Waals surface area contributed by atoms with E-state index in [1.807, 2.05) is 0 Å². The van der Waals surface area contributed by atoms with Crippen LogP contribution in [-0.4, -0.2) is 74.6 Å². The van der Waals surface area contributed by atoms with Crippen molar-refractivity contribution < 1.29 is 85.7 Å². The highest BCUT2D eigenvalue weighted by Gasteiger charge is 2.17. The molecule has 0 aliphatic carbocycles. The van der Waals surface area contributed by atoms with Crippen LogP contribution in [0, 0.1) is 6.92 Å². The van der Waals surface area contributed by atoms with Crippen LogP contribution in [-0.2, 0) is 28.5 Å². The van der Waals surface area contributed by atoms with E-state index in [4.69, 9.17) is 47.4 Å². The van der Waals surface area contributed by atoms with Crippen molar-refractivity contribution in [1.82, 2.24) is 0 Å². The summed E-state index contributed by atoms with van der Waals surface area (Å²) in [5, 5.41) is 0. The van der Waals surface area contributed by atoms with Crippen LogP contribution in [0.1, 0.15) is 66.3 Å². The van der Waals surface area contributed by atoms with Gasteiger partial charge in [-0.3, -0.25) is 0 Å². The van der Waals surface area contributed by atoms with E-state index >= 15 is 0 Å². The minimum absolute atomic E-state index is 0.0402. The molecule has 0 radical (unpaired) electrons. The second kappa shape index (κ2) is 25.4. The molecule has 18 heteroatoms. The maximum atomic E-state index is 13.0.